The first-order valence-corrected chi connectivity index (χ1v) is 10.3. The van der Waals surface area contributed by atoms with E-state index in [0.29, 0.717) is 29.3 Å². The van der Waals surface area contributed by atoms with Crippen LogP contribution in [0, 0.1) is 5.82 Å². The minimum Gasteiger partial charge on any atom is -0.493 e. The van der Waals surface area contributed by atoms with Crippen LogP contribution in [0.15, 0.2) is 47.8 Å². The summed E-state index contributed by atoms with van der Waals surface area (Å²) in [6.07, 6.45) is 0.620. The predicted molar refractivity (Wildman–Crippen MR) is 112 cm³/mol. The van der Waals surface area contributed by atoms with E-state index < -0.39 is 11.9 Å². The van der Waals surface area contributed by atoms with Gasteiger partial charge in [-0.2, -0.15) is 0 Å². The molecular weight excluding hydrogens is 413 g/mol. The monoisotopic (exact) mass is 431 g/mol. The van der Waals surface area contributed by atoms with Gasteiger partial charge in [0, 0.05) is 17.1 Å². The van der Waals surface area contributed by atoms with Crippen LogP contribution in [-0.2, 0) is 6.42 Å². The van der Waals surface area contributed by atoms with Crippen LogP contribution in [0.4, 0.5) is 4.39 Å². The highest BCUT2D eigenvalue weighted by molar-refractivity contribution is 7.12. The number of carbonyl (C=O) groups is 1. The minimum atomic E-state index is -0.665. The van der Waals surface area contributed by atoms with Crippen molar-refractivity contribution in [3.05, 3.63) is 80.3 Å². The molecule has 1 aliphatic rings. The largest absolute Gasteiger partial charge is 0.493 e. The van der Waals surface area contributed by atoms with Crippen LogP contribution in [0.5, 0.6) is 11.5 Å². The zero-order valence-corrected chi connectivity index (χ0v) is 17.5. The molecule has 2 heterocycles. The molecule has 0 saturated heterocycles. The van der Waals surface area contributed by atoms with Crippen LogP contribution in [0.2, 0.25) is 5.02 Å². The van der Waals surface area contributed by atoms with Gasteiger partial charge in [-0.15, -0.1) is 11.3 Å². The quantitative estimate of drug-likeness (QED) is 0.559. The number of rotatable bonds is 4. The number of ether oxygens (including phenoxy) is 2. The standard InChI is InChI=1S/C22H19ClFNO3S/c1-27-17-11-13-8-9-25(22(26)19-7-4-10-29-19)21(14(13)12-18(17)28-2)20-15(23)5-3-6-16(20)24/h3-7,10-12,21H,8-9H2,1-2H3. The number of carbonyl (C=O) groups excluding carboxylic acids is 1. The number of fused-ring (bicyclic) bond motifs is 1. The lowest BCUT2D eigenvalue weighted by Gasteiger charge is -2.38. The predicted octanol–water partition coefficient (Wildman–Crippen LogP) is 5.35. The average molecular weight is 432 g/mol. The zero-order chi connectivity index (χ0) is 20.5. The van der Waals surface area contributed by atoms with Gasteiger partial charge in [0.1, 0.15) is 5.82 Å². The van der Waals surface area contributed by atoms with Crippen molar-refractivity contribution in [3.63, 3.8) is 0 Å². The van der Waals surface area contributed by atoms with Crippen LogP contribution in [0.25, 0.3) is 0 Å². The first-order valence-electron chi connectivity index (χ1n) is 9.08. The van der Waals surface area contributed by atoms with E-state index in [1.165, 1.54) is 17.4 Å². The Morgan fingerprint density at radius 3 is 2.59 bits per heavy atom. The molecule has 7 heteroatoms. The van der Waals surface area contributed by atoms with Gasteiger partial charge < -0.3 is 14.4 Å². The Balaban J connectivity index is 1.92. The van der Waals surface area contributed by atoms with Crippen molar-refractivity contribution in [2.24, 2.45) is 0 Å². The second-order valence-corrected chi connectivity index (χ2v) is 8.02. The molecule has 0 fully saturated rings. The summed E-state index contributed by atoms with van der Waals surface area (Å²) in [5.74, 6) is 0.524. The highest BCUT2D eigenvalue weighted by atomic mass is 35.5. The van der Waals surface area contributed by atoms with E-state index in [0.717, 1.165) is 11.1 Å². The number of halogens is 2. The number of methoxy groups -OCH3 is 2. The molecule has 1 aliphatic heterocycles. The summed E-state index contributed by atoms with van der Waals surface area (Å²) in [4.78, 5) is 15.6. The van der Waals surface area contributed by atoms with Crippen molar-refractivity contribution in [3.8, 4) is 11.5 Å². The molecule has 29 heavy (non-hydrogen) atoms. The van der Waals surface area contributed by atoms with E-state index in [4.69, 9.17) is 21.1 Å². The molecule has 0 saturated carbocycles. The minimum absolute atomic E-state index is 0.148. The van der Waals surface area contributed by atoms with Gasteiger partial charge in [0.2, 0.25) is 0 Å². The van der Waals surface area contributed by atoms with Gasteiger partial charge in [-0.25, -0.2) is 4.39 Å². The maximum atomic E-state index is 15.0. The lowest BCUT2D eigenvalue weighted by atomic mass is 9.87. The van der Waals surface area contributed by atoms with Crippen LogP contribution in [0.3, 0.4) is 0 Å². The summed E-state index contributed by atoms with van der Waals surface area (Å²) in [5, 5.41) is 2.13. The number of amides is 1. The lowest BCUT2D eigenvalue weighted by Crippen LogP contribution is -2.40. The van der Waals surface area contributed by atoms with E-state index in [1.807, 2.05) is 23.6 Å². The van der Waals surface area contributed by atoms with Crippen LogP contribution < -0.4 is 9.47 Å². The van der Waals surface area contributed by atoms with Crippen LogP contribution >= 0.6 is 22.9 Å². The third-order valence-corrected chi connectivity index (χ3v) is 6.33. The Morgan fingerprint density at radius 2 is 1.93 bits per heavy atom. The molecule has 4 nitrogen and oxygen atoms in total. The Hall–Kier alpha value is -2.57. The fraction of sp³-hybridized carbons (Fsp3) is 0.227. The smallest absolute Gasteiger partial charge is 0.264 e. The van der Waals surface area contributed by atoms with Crippen molar-refractivity contribution in [1.82, 2.24) is 4.90 Å². The molecule has 150 valence electrons. The highest BCUT2D eigenvalue weighted by Crippen LogP contribution is 2.44. The van der Waals surface area contributed by atoms with Crippen molar-refractivity contribution in [2.75, 3.05) is 20.8 Å². The molecule has 2 aromatic carbocycles. The number of benzene rings is 2. The van der Waals surface area contributed by atoms with Gasteiger partial charge in [0.25, 0.3) is 5.91 Å². The Morgan fingerprint density at radius 1 is 1.17 bits per heavy atom. The van der Waals surface area contributed by atoms with Gasteiger partial charge in [-0.3, -0.25) is 4.79 Å². The van der Waals surface area contributed by atoms with E-state index in [1.54, 1.807) is 37.3 Å². The first-order chi connectivity index (χ1) is 14.0. The SMILES string of the molecule is COc1cc2c(cc1OC)C(c1c(F)cccc1Cl)N(C(=O)c1cccs1)CC2. The van der Waals surface area contributed by atoms with Gasteiger partial charge >= 0.3 is 0 Å². The van der Waals surface area contributed by atoms with E-state index in [-0.39, 0.29) is 16.5 Å². The van der Waals surface area contributed by atoms with Gasteiger partial charge in [-0.1, -0.05) is 23.7 Å². The zero-order valence-electron chi connectivity index (χ0n) is 15.9. The summed E-state index contributed by atoms with van der Waals surface area (Å²) >= 11 is 7.79. The van der Waals surface area contributed by atoms with E-state index in [9.17, 15) is 9.18 Å². The van der Waals surface area contributed by atoms with Crippen LogP contribution in [0.1, 0.15) is 32.4 Å². The molecule has 0 radical (unpaired) electrons. The summed E-state index contributed by atoms with van der Waals surface area (Å²) in [6, 6.07) is 11.2. The summed E-state index contributed by atoms with van der Waals surface area (Å²) in [6.45, 7) is 0.439. The third-order valence-electron chi connectivity index (χ3n) is 5.14. The van der Waals surface area contributed by atoms with E-state index >= 15 is 0 Å². The maximum absolute atomic E-state index is 15.0. The summed E-state index contributed by atoms with van der Waals surface area (Å²) in [5.41, 5.74) is 2.04. The number of hydrogen-bond donors (Lipinski definition) is 0. The van der Waals surface area contributed by atoms with Crippen molar-refractivity contribution < 1.29 is 18.7 Å². The van der Waals surface area contributed by atoms with Crippen molar-refractivity contribution in [2.45, 2.75) is 12.5 Å². The molecular formula is C22H19ClFNO3S. The van der Waals surface area contributed by atoms with Crippen molar-refractivity contribution >= 4 is 28.8 Å². The molecule has 3 aromatic rings. The Bertz CT molecular complexity index is 1030. The van der Waals surface area contributed by atoms with Gasteiger partial charge in [0.15, 0.2) is 11.5 Å². The second kappa shape index (κ2) is 8.05. The summed E-state index contributed by atoms with van der Waals surface area (Å²) in [7, 11) is 3.12. The van der Waals surface area contributed by atoms with Gasteiger partial charge in [0.05, 0.1) is 25.1 Å². The maximum Gasteiger partial charge on any atom is 0.264 e. The number of nitrogens with zero attached hydrogens (tertiary/aromatic N) is 1. The summed E-state index contributed by atoms with van der Waals surface area (Å²) < 4.78 is 25.8. The average Bonchev–Trinajstić information content (AvgIpc) is 3.27. The molecule has 4 rings (SSSR count). The number of thiophene rings is 1. The Labute approximate surface area is 177 Å². The normalized spacial score (nSPS) is 15.7. The van der Waals surface area contributed by atoms with Crippen molar-refractivity contribution in [1.29, 1.82) is 0 Å². The molecule has 1 atom stereocenters. The third kappa shape index (κ3) is 3.47. The fourth-order valence-electron chi connectivity index (χ4n) is 3.79. The Kier molecular flexibility index (Phi) is 5.48. The molecule has 0 spiro atoms. The topological polar surface area (TPSA) is 38.8 Å². The highest BCUT2D eigenvalue weighted by Gasteiger charge is 2.36. The molecule has 1 unspecified atom stereocenters. The molecule has 1 aromatic heterocycles. The lowest BCUT2D eigenvalue weighted by molar-refractivity contribution is 0.0697. The molecule has 0 N–H and O–H groups in total. The fourth-order valence-corrected chi connectivity index (χ4v) is 4.73. The molecule has 1 amide bonds. The molecule has 0 bridgehead atoms. The second-order valence-electron chi connectivity index (χ2n) is 6.67. The van der Waals surface area contributed by atoms with Gasteiger partial charge in [-0.05, 0) is 53.3 Å². The molecule has 0 aliphatic carbocycles. The first kappa shape index (κ1) is 19.7. The van der Waals surface area contributed by atoms with E-state index in [2.05, 4.69) is 0 Å². The number of hydrogen-bond acceptors (Lipinski definition) is 4. The van der Waals surface area contributed by atoms with Crippen LogP contribution in [-0.4, -0.2) is 31.6 Å².